The molecule has 142 valence electrons. The Bertz CT molecular complexity index is 1090. The normalized spacial score (nSPS) is 11.0. The van der Waals surface area contributed by atoms with Crippen molar-refractivity contribution in [2.75, 3.05) is 0 Å². The minimum Gasteiger partial charge on any atom is -0.352 e. The molecule has 0 spiro atoms. The van der Waals surface area contributed by atoms with E-state index in [1.165, 1.54) is 18.1 Å². The lowest BCUT2D eigenvalue weighted by Gasteiger charge is -2.03. The zero-order chi connectivity index (χ0) is 19.3. The van der Waals surface area contributed by atoms with E-state index in [1.807, 2.05) is 37.4 Å². The van der Waals surface area contributed by atoms with Gasteiger partial charge in [0.2, 0.25) is 11.8 Å². The van der Waals surface area contributed by atoms with Gasteiger partial charge in [0.05, 0.1) is 23.8 Å². The Morgan fingerprint density at radius 3 is 2.96 bits per heavy atom. The summed E-state index contributed by atoms with van der Waals surface area (Å²) in [4.78, 5) is 24.8. The number of nitrogens with one attached hydrogen (secondary N) is 1. The number of rotatable bonds is 7. The fourth-order valence-electron chi connectivity index (χ4n) is 2.61. The molecule has 10 heteroatoms. The highest BCUT2D eigenvalue weighted by Crippen LogP contribution is 2.26. The Morgan fingerprint density at radius 2 is 2.11 bits per heavy atom. The van der Waals surface area contributed by atoms with Crippen molar-refractivity contribution in [1.82, 2.24) is 35.2 Å². The number of benzene rings is 1. The Kier molecular flexibility index (Phi) is 5.29. The predicted molar refractivity (Wildman–Crippen MR) is 102 cm³/mol. The van der Waals surface area contributed by atoms with Crippen molar-refractivity contribution in [3.05, 3.63) is 60.1 Å². The highest BCUT2D eigenvalue weighted by molar-refractivity contribution is 7.98. The smallest absolute Gasteiger partial charge is 0.237 e. The van der Waals surface area contributed by atoms with Crippen molar-refractivity contribution < 1.29 is 9.32 Å². The molecule has 9 nitrogen and oxygen atoms in total. The SMILES string of the molecule is Cn1ncc2c(SCc3nc(CC(=O)NCc4ccccc4)no3)ncnc21. The van der Waals surface area contributed by atoms with E-state index in [0.29, 0.717) is 24.0 Å². The fraction of sp³-hybridized carbons (Fsp3) is 0.222. The average Bonchev–Trinajstić information content (AvgIpc) is 3.32. The number of hydrogen-bond acceptors (Lipinski definition) is 8. The topological polar surface area (TPSA) is 112 Å². The van der Waals surface area contributed by atoms with E-state index in [4.69, 9.17) is 4.52 Å². The predicted octanol–water partition coefficient (Wildman–Crippen LogP) is 1.90. The second-order valence-corrected chi connectivity index (χ2v) is 6.98. The van der Waals surface area contributed by atoms with Crippen LogP contribution in [0.2, 0.25) is 0 Å². The number of hydrogen-bond donors (Lipinski definition) is 1. The minimum absolute atomic E-state index is 0.0708. The number of carbonyl (C=O) groups is 1. The number of amides is 1. The third-order valence-electron chi connectivity index (χ3n) is 3.99. The van der Waals surface area contributed by atoms with Crippen molar-refractivity contribution in [2.45, 2.75) is 23.7 Å². The van der Waals surface area contributed by atoms with Crippen LogP contribution in [-0.2, 0) is 30.6 Å². The van der Waals surface area contributed by atoms with Crippen LogP contribution in [0, 0.1) is 0 Å². The molecule has 1 N–H and O–H groups in total. The Labute approximate surface area is 164 Å². The van der Waals surface area contributed by atoms with Gasteiger partial charge >= 0.3 is 0 Å². The molecule has 4 rings (SSSR count). The standard InChI is InChI=1S/C18H17N7O2S/c1-25-17-13(9-22-25)18(21-11-20-17)28-10-16-23-14(24-27-16)7-15(26)19-8-12-5-3-2-4-6-12/h2-6,9,11H,7-8,10H2,1H3,(H,19,26). The molecule has 0 unspecified atom stereocenters. The van der Waals surface area contributed by atoms with Crippen LogP contribution in [0.25, 0.3) is 11.0 Å². The lowest BCUT2D eigenvalue weighted by molar-refractivity contribution is -0.120. The molecule has 28 heavy (non-hydrogen) atoms. The average molecular weight is 395 g/mol. The first-order valence-electron chi connectivity index (χ1n) is 8.56. The molecule has 4 aromatic rings. The van der Waals surface area contributed by atoms with Gasteiger partial charge in [0.15, 0.2) is 11.5 Å². The Hall–Kier alpha value is -3.27. The van der Waals surface area contributed by atoms with Crippen LogP contribution in [0.3, 0.4) is 0 Å². The molecular formula is C18H17N7O2S. The van der Waals surface area contributed by atoms with Crippen LogP contribution in [0.1, 0.15) is 17.3 Å². The molecule has 3 heterocycles. The second-order valence-electron chi connectivity index (χ2n) is 6.02. The molecule has 3 aromatic heterocycles. The Morgan fingerprint density at radius 1 is 1.25 bits per heavy atom. The summed E-state index contributed by atoms with van der Waals surface area (Å²) in [6, 6.07) is 9.71. The summed E-state index contributed by atoms with van der Waals surface area (Å²) in [5.74, 6) is 1.08. The number of aromatic nitrogens is 6. The number of aryl methyl sites for hydroxylation is 1. The summed E-state index contributed by atoms with van der Waals surface area (Å²) in [5.41, 5.74) is 1.80. The highest BCUT2D eigenvalue weighted by Gasteiger charge is 2.13. The van der Waals surface area contributed by atoms with Crippen LogP contribution in [0.5, 0.6) is 0 Å². The maximum absolute atomic E-state index is 12.1. The zero-order valence-corrected chi connectivity index (χ0v) is 15.9. The molecule has 0 bridgehead atoms. The first-order valence-corrected chi connectivity index (χ1v) is 9.55. The van der Waals surface area contributed by atoms with E-state index in [1.54, 1.807) is 10.9 Å². The van der Waals surface area contributed by atoms with Gasteiger partial charge in [-0.05, 0) is 5.56 Å². The van der Waals surface area contributed by atoms with Gasteiger partial charge in [0.1, 0.15) is 11.4 Å². The summed E-state index contributed by atoms with van der Waals surface area (Å²) in [6.07, 6.45) is 3.30. The second kappa shape index (κ2) is 8.17. The molecule has 0 atom stereocenters. The molecule has 0 saturated carbocycles. The maximum Gasteiger partial charge on any atom is 0.237 e. The minimum atomic E-state index is -0.156. The van der Waals surface area contributed by atoms with Crippen LogP contribution in [-0.4, -0.2) is 35.8 Å². The summed E-state index contributed by atoms with van der Waals surface area (Å²) >= 11 is 1.45. The third kappa shape index (κ3) is 4.17. The summed E-state index contributed by atoms with van der Waals surface area (Å²) in [6.45, 7) is 0.467. The van der Waals surface area contributed by atoms with Gasteiger partial charge in [-0.25, -0.2) is 9.97 Å². The van der Waals surface area contributed by atoms with Gasteiger partial charge in [0, 0.05) is 13.6 Å². The van der Waals surface area contributed by atoms with E-state index in [-0.39, 0.29) is 12.3 Å². The van der Waals surface area contributed by atoms with Crippen LogP contribution in [0.15, 0.2) is 52.4 Å². The largest absolute Gasteiger partial charge is 0.352 e. The Balaban J connectivity index is 1.32. The fourth-order valence-corrected chi connectivity index (χ4v) is 3.41. The highest BCUT2D eigenvalue weighted by atomic mass is 32.2. The van der Waals surface area contributed by atoms with Crippen LogP contribution < -0.4 is 5.32 Å². The van der Waals surface area contributed by atoms with E-state index >= 15 is 0 Å². The molecule has 0 fully saturated rings. The zero-order valence-electron chi connectivity index (χ0n) is 15.1. The van der Waals surface area contributed by atoms with Crippen molar-refractivity contribution in [2.24, 2.45) is 7.05 Å². The molecule has 0 aliphatic rings. The first-order chi connectivity index (χ1) is 13.7. The number of nitrogens with zero attached hydrogens (tertiary/aromatic N) is 6. The van der Waals surface area contributed by atoms with Crippen molar-refractivity contribution in [3.63, 3.8) is 0 Å². The van der Waals surface area contributed by atoms with Gasteiger partial charge in [-0.2, -0.15) is 10.1 Å². The number of thioether (sulfide) groups is 1. The van der Waals surface area contributed by atoms with Gasteiger partial charge in [-0.3, -0.25) is 9.48 Å². The molecule has 0 aliphatic heterocycles. The van der Waals surface area contributed by atoms with Gasteiger partial charge in [-0.1, -0.05) is 47.3 Å². The third-order valence-corrected chi connectivity index (χ3v) is 4.98. The van der Waals surface area contributed by atoms with Crippen LogP contribution in [0.4, 0.5) is 0 Å². The summed E-state index contributed by atoms with van der Waals surface area (Å²) in [5, 5.41) is 12.6. The number of carbonyl (C=O) groups excluding carboxylic acids is 1. The first kappa shape index (κ1) is 18.1. The number of fused-ring (bicyclic) bond motifs is 1. The molecule has 0 aliphatic carbocycles. The quantitative estimate of drug-likeness (QED) is 0.373. The lowest BCUT2D eigenvalue weighted by Crippen LogP contribution is -2.24. The van der Waals surface area contributed by atoms with Gasteiger partial charge in [0.25, 0.3) is 0 Å². The molecule has 0 radical (unpaired) electrons. The van der Waals surface area contributed by atoms with Gasteiger partial charge in [-0.15, -0.1) is 0 Å². The van der Waals surface area contributed by atoms with Crippen molar-refractivity contribution >= 4 is 28.7 Å². The van der Waals surface area contributed by atoms with Crippen molar-refractivity contribution in [3.8, 4) is 0 Å². The van der Waals surface area contributed by atoms with E-state index in [2.05, 4.69) is 30.5 Å². The monoisotopic (exact) mass is 395 g/mol. The van der Waals surface area contributed by atoms with E-state index in [0.717, 1.165) is 21.6 Å². The van der Waals surface area contributed by atoms with Crippen molar-refractivity contribution in [1.29, 1.82) is 0 Å². The summed E-state index contributed by atoms with van der Waals surface area (Å²) < 4.78 is 6.94. The molecule has 0 saturated heterocycles. The van der Waals surface area contributed by atoms with Gasteiger partial charge < -0.3 is 9.84 Å². The maximum atomic E-state index is 12.1. The molecule has 1 aromatic carbocycles. The molecular weight excluding hydrogens is 378 g/mol. The van der Waals surface area contributed by atoms with E-state index in [9.17, 15) is 4.79 Å². The van der Waals surface area contributed by atoms with Crippen LogP contribution >= 0.6 is 11.8 Å². The molecule has 1 amide bonds. The van der Waals surface area contributed by atoms with E-state index < -0.39 is 0 Å². The lowest BCUT2D eigenvalue weighted by atomic mass is 10.2. The summed E-state index contributed by atoms with van der Waals surface area (Å²) in [7, 11) is 1.83.